The van der Waals surface area contributed by atoms with Gasteiger partial charge in [-0.1, -0.05) is 46.3 Å². The van der Waals surface area contributed by atoms with Crippen LogP contribution in [-0.2, 0) is 6.54 Å². The van der Waals surface area contributed by atoms with Crippen molar-refractivity contribution in [3.63, 3.8) is 0 Å². The van der Waals surface area contributed by atoms with Crippen molar-refractivity contribution in [2.75, 3.05) is 20.5 Å². The van der Waals surface area contributed by atoms with Crippen LogP contribution in [0.4, 0.5) is 15.8 Å². The van der Waals surface area contributed by atoms with Crippen LogP contribution in [0.25, 0.3) is 0 Å². The van der Waals surface area contributed by atoms with E-state index in [0.717, 1.165) is 11.9 Å². The first kappa shape index (κ1) is 13.8. The number of anilines is 2. The van der Waals surface area contributed by atoms with Gasteiger partial charge >= 0.3 is 0 Å². The van der Waals surface area contributed by atoms with E-state index in [1.54, 1.807) is 18.2 Å². The zero-order chi connectivity index (χ0) is 13.9. The summed E-state index contributed by atoms with van der Waals surface area (Å²) in [6, 6.07) is 15.2. The summed E-state index contributed by atoms with van der Waals surface area (Å²) in [5.41, 5.74) is 3.06. The van der Waals surface area contributed by atoms with Crippen LogP contribution in [0.3, 0.4) is 0 Å². The maximum Gasteiger partial charge on any atom is 0.147 e. The molecule has 0 fully saturated rings. The summed E-state index contributed by atoms with van der Waals surface area (Å²) in [4.78, 5) is 0. The summed E-state index contributed by atoms with van der Waals surface area (Å²) in [5.74, 6) is -0.182. The predicted molar refractivity (Wildman–Crippen MR) is 87.8 cm³/mol. The molecule has 0 aliphatic carbocycles. The molecule has 104 valence electrons. The van der Waals surface area contributed by atoms with Crippen molar-refractivity contribution in [1.29, 1.82) is 0 Å². The molecule has 0 amide bonds. The van der Waals surface area contributed by atoms with Gasteiger partial charge < -0.3 is 0 Å². The van der Waals surface area contributed by atoms with E-state index in [0.29, 0.717) is 12.2 Å². The summed E-state index contributed by atoms with van der Waals surface area (Å²) in [6.07, 6.45) is 0. The number of benzene rings is 2. The smallest absolute Gasteiger partial charge is 0.147 e. The fourth-order valence-corrected chi connectivity index (χ4v) is 3.95. The molecule has 1 aliphatic heterocycles. The fraction of sp³-hybridized carbons (Fsp3) is 0.200. The topological polar surface area (TPSA) is 6.48 Å². The van der Waals surface area contributed by atoms with Crippen LogP contribution in [0.1, 0.15) is 5.56 Å². The number of hydrogen-bond donors (Lipinski definition) is 0. The molecule has 0 unspecified atom stereocenters. The van der Waals surface area contributed by atoms with Gasteiger partial charge in [0.1, 0.15) is 5.82 Å². The molecule has 1 aliphatic rings. The molecule has 20 heavy (non-hydrogen) atoms. The van der Waals surface area contributed by atoms with Crippen LogP contribution in [0.5, 0.6) is 0 Å². The monoisotopic (exact) mass is 352 g/mol. The van der Waals surface area contributed by atoms with Crippen LogP contribution >= 0.6 is 28.1 Å². The average Bonchev–Trinajstić information content (AvgIpc) is 2.48. The lowest BCUT2D eigenvalue weighted by atomic mass is 10.1. The van der Waals surface area contributed by atoms with Crippen LogP contribution in [0.15, 0.2) is 48.5 Å². The van der Waals surface area contributed by atoms with Gasteiger partial charge in [0, 0.05) is 11.9 Å². The number of fused-ring (bicyclic) bond motifs is 1. The highest BCUT2D eigenvalue weighted by Gasteiger charge is 2.24. The summed E-state index contributed by atoms with van der Waals surface area (Å²) >= 11 is 5.04. The standard InChI is InChI=1S/C15H14BrFN2S/c16-9-10-18-14-7-3-1-5-12(14)11-19(20-18)15-8-4-2-6-13(15)17/h1-8H,9-11H2. The Morgan fingerprint density at radius 2 is 1.75 bits per heavy atom. The molecule has 2 nitrogen and oxygen atoms in total. The van der Waals surface area contributed by atoms with E-state index in [1.165, 1.54) is 17.3 Å². The fourth-order valence-electron chi connectivity index (χ4n) is 2.26. The van der Waals surface area contributed by atoms with Gasteiger partial charge in [-0.25, -0.2) is 4.39 Å². The molecule has 3 rings (SSSR count). The van der Waals surface area contributed by atoms with Crippen molar-refractivity contribution in [3.8, 4) is 0 Å². The van der Waals surface area contributed by atoms with Crippen LogP contribution in [0, 0.1) is 5.82 Å². The maximum atomic E-state index is 14.0. The summed E-state index contributed by atoms with van der Waals surface area (Å²) in [5, 5.41) is 0.874. The SMILES string of the molecule is Fc1ccccc1N1Cc2ccccc2N(CCBr)S1. The number of para-hydroxylation sites is 2. The number of halogens is 2. The Morgan fingerprint density at radius 1 is 1.05 bits per heavy atom. The first-order chi connectivity index (χ1) is 9.79. The lowest BCUT2D eigenvalue weighted by molar-refractivity contribution is 0.627. The van der Waals surface area contributed by atoms with Gasteiger partial charge in [-0.15, -0.1) is 0 Å². The number of nitrogens with zero attached hydrogens (tertiary/aromatic N) is 2. The highest BCUT2D eigenvalue weighted by Crippen LogP contribution is 2.39. The molecule has 0 atom stereocenters. The number of rotatable bonds is 3. The largest absolute Gasteiger partial charge is 0.297 e. The van der Waals surface area contributed by atoms with Crippen molar-refractivity contribution in [2.24, 2.45) is 0 Å². The average molecular weight is 353 g/mol. The van der Waals surface area contributed by atoms with E-state index in [1.807, 2.05) is 28.6 Å². The lowest BCUT2D eigenvalue weighted by Crippen LogP contribution is -2.32. The molecule has 2 aromatic carbocycles. The first-order valence-corrected chi connectivity index (χ1v) is 8.26. The molecule has 0 aromatic heterocycles. The second kappa shape index (κ2) is 6.06. The lowest BCUT2D eigenvalue weighted by Gasteiger charge is -2.37. The predicted octanol–water partition coefficient (Wildman–Crippen LogP) is 4.61. The molecule has 0 saturated heterocycles. The second-order valence-corrected chi connectivity index (χ2v) is 6.33. The Labute approximate surface area is 131 Å². The molecule has 0 spiro atoms. The molecule has 5 heteroatoms. The molecule has 2 aromatic rings. The Bertz CT molecular complexity index is 608. The van der Waals surface area contributed by atoms with Gasteiger partial charge in [-0.2, -0.15) is 0 Å². The summed E-state index contributed by atoms with van der Waals surface area (Å²) in [7, 11) is 0. The first-order valence-electron chi connectivity index (χ1n) is 6.41. The normalized spacial score (nSPS) is 14.3. The molecule has 1 heterocycles. The van der Waals surface area contributed by atoms with Crippen molar-refractivity contribution in [3.05, 3.63) is 59.9 Å². The number of hydrogen-bond acceptors (Lipinski definition) is 3. The Hall–Kier alpha value is -1.20. The second-order valence-electron chi connectivity index (χ2n) is 4.49. The third-order valence-corrected chi connectivity index (χ3v) is 4.63. The van der Waals surface area contributed by atoms with Crippen LogP contribution in [-0.4, -0.2) is 11.9 Å². The van der Waals surface area contributed by atoms with Gasteiger partial charge in [-0.3, -0.25) is 8.61 Å². The molecule has 0 radical (unpaired) electrons. The van der Waals surface area contributed by atoms with Gasteiger partial charge in [0.25, 0.3) is 0 Å². The molecule has 0 saturated carbocycles. The van der Waals surface area contributed by atoms with E-state index >= 15 is 0 Å². The van der Waals surface area contributed by atoms with Gasteiger partial charge in [0.2, 0.25) is 0 Å². The quantitative estimate of drug-likeness (QED) is 0.588. The van der Waals surface area contributed by atoms with Gasteiger partial charge in [-0.05, 0) is 23.8 Å². The third kappa shape index (κ3) is 2.65. The highest BCUT2D eigenvalue weighted by atomic mass is 79.9. The number of alkyl halides is 1. The minimum Gasteiger partial charge on any atom is -0.297 e. The molecule has 0 N–H and O–H groups in total. The molecular formula is C15H14BrFN2S. The van der Waals surface area contributed by atoms with Crippen molar-refractivity contribution in [1.82, 2.24) is 0 Å². The van der Waals surface area contributed by atoms with Gasteiger partial charge in [0.15, 0.2) is 0 Å². The van der Waals surface area contributed by atoms with Crippen LogP contribution in [0.2, 0.25) is 0 Å². The maximum absolute atomic E-state index is 14.0. The van der Waals surface area contributed by atoms with Crippen LogP contribution < -0.4 is 8.61 Å². The Balaban J connectivity index is 1.96. The zero-order valence-electron chi connectivity index (χ0n) is 10.8. The van der Waals surface area contributed by atoms with E-state index in [4.69, 9.17) is 0 Å². The van der Waals surface area contributed by atoms with E-state index in [-0.39, 0.29) is 5.82 Å². The summed E-state index contributed by atoms with van der Waals surface area (Å²) in [6.45, 7) is 1.58. The van der Waals surface area contributed by atoms with Crippen molar-refractivity contribution >= 4 is 39.4 Å². The Morgan fingerprint density at radius 3 is 2.50 bits per heavy atom. The zero-order valence-corrected chi connectivity index (χ0v) is 13.2. The van der Waals surface area contributed by atoms with E-state index in [2.05, 4.69) is 32.4 Å². The van der Waals surface area contributed by atoms with Gasteiger partial charge in [0.05, 0.1) is 30.1 Å². The van der Waals surface area contributed by atoms with Crippen molar-refractivity contribution in [2.45, 2.75) is 6.54 Å². The molecule has 0 bridgehead atoms. The van der Waals surface area contributed by atoms with E-state index in [9.17, 15) is 4.39 Å². The van der Waals surface area contributed by atoms with Crippen molar-refractivity contribution < 1.29 is 4.39 Å². The summed E-state index contributed by atoms with van der Waals surface area (Å²) < 4.78 is 18.2. The highest BCUT2D eigenvalue weighted by molar-refractivity contribution is 9.09. The van der Waals surface area contributed by atoms with E-state index < -0.39 is 0 Å². The minimum atomic E-state index is -0.182. The Kier molecular flexibility index (Phi) is 4.17. The third-order valence-electron chi connectivity index (χ3n) is 3.18. The minimum absolute atomic E-state index is 0.182. The molecular weight excluding hydrogens is 339 g/mol.